The number of rotatable bonds is 7. The Balaban J connectivity index is 1.77. The summed E-state index contributed by atoms with van der Waals surface area (Å²) < 4.78 is 1.95. The number of carbonyl (C=O) groups excluding carboxylic acids is 1. The maximum atomic E-state index is 13.6. The van der Waals surface area contributed by atoms with E-state index < -0.39 is 11.8 Å². The van der Waals surface area contributed by atoms with Gasteiger partial charge >= 0.3 is 0 Å². The van der Waals surface area contributed by atoms with Crippen molar-refractivity contribution >= 4 is 5.91 Å². The molecule has 1 amide bonds. The van der Waals surface area contributed by atoms with Gasteiger partial charge in [-0.15, -0.1) is 0 Å². The summed E-state index contributed by atoms with van der Waals surface area (Å²) >= 11 is 0. The van der Waals surface area contributed by atoms with Crippen molar-refractivity contribution in [2.45, 2.75) is 91.6 Å². The number of aliphatic hydroxyl groups excluding tert-OH is 1. The normalized spacial score (nSPS) is 25.6. The van der Waals surface area contributed by atoms with Gasteiger partial charge in [-0.25, -0.2) is 0 Å². The molecule has 0 saturated carbocycles. The quantitative estimate of drug-likeness (QED) is 0.691. The molecule has 2 fully saturated rings. The van der Waals surface area contributed by atoms with Gasteiger partial charge in [-0.2, -0.15) is 5.10 Å². The van der Waals surface area contributed by atoms with Crippen LogP contribution in [-0.2, 0) is 18.4 Å². The van der Waals surface area contributed by atoms with Gasteiger partial charge in [0.1, 0.15) is 6.23 Å². The molecule has 1 spiro atoms. The summed E-state index contributed by atoms with van der Waals surface area (Å²) in [5, 5.41) is 19.2. The lowest BCUT2D eigenvalue weighted by Gasteiger charge is -2.56. The Morgan fingerprint density at radius 2 is 1.87 bits per heavy atom. The third kappa shape index (κ3) is 4.55. The van der Waals surface area contributed by atoms with E-state index in [1.165, 1.54) is 11.3 Å². The van der Waals surface area contributed by atoms with E-state index in [-0.39, 0.29) is 17.9 Å². The van der Waals surface area contributed by atoms with Gasteiger partial charge in [-0.1, -0.05) is 34.1 Å². The molecule has 0 radical (unpaired) electrons. The van der Waals surface area contributed by atoms with Crippen molar-refractivity contribution in [2.75, 3.05) is 19.6 Å². The van der Waals surface area contributed by atoms with Gasteiger partial charge in [0.15, 0.2) is 0 Å². The van der Waals surface area contributed by atoms with Crippen LogP contribution in [0.25, 0.3) is 0 Å². The van der Waals surface area contributed by atoms with E-state index in [1.54, 1.807) is 0 Å². The molecular weight excluding hydrogens is 390 g/mol. The maximum Gasteiger partial charge on any atom is 0.240 e. The number of aliphatic hydroxyl groups is 1. The Morgan fingerprint density at radius 1 is 1.23 bits per heavy atom. The second-order valence-electron chi connectivity index (χ2n) is 10.1. The molecule has 1 aromatic heterocycles. The van der Waals surface area contributed by atoms with Crippen LogP contribution in [-0.4, -0.2) is 68.0 Å². The van der Waals surface area contributed by atoms with Crippen molar-refractivity contribution in [3.05, 3.63) is 17.0 Å². The van der Waals surface area contributed by atoms with E-state index in [2.05, 4.69) is 61.8 Å². The minimum absolute atomic E-state index is 0.173. The number of piperazine rings is 1. The fourth-order valence-corrected chi connectivity index (χ4v) is 5.25. The lowest BCUT2D eigenvalue weighted by atomic mass is 9.78. The predicted molar refractivity (Wildman–Crippen MR) is 123 cm³/mol. The van der Waals surface area contributed by atoms with Crippen LogP contribution in [0.5, 0.6) is 0 Å². The number of likely N-dealkylation sites (tertiary alicyclic amines) is 1. The monoisotopic (exact) mass is 433 g/mol. The number of unbranched alkanes of at least 4 members (excludes halogenated alkanes) is 1. The maximum absolute atomic E-state index is 13.6. The van der Waals surface area contributed by atoms with Crippen LogP contribution in [0.3, 0.4) is 0 Å². The first-order valence-corrected chi connectivity index (χ1v) is 12.1. The van der Waals surface area contributed by atoms with Gasteiger partial charge in [-0.05, 0) is 44.9 Å². The lowest BCUT2D eigenvalue weighted by Crippen LogP contribution is -2.75. The number of carbonyl (C=O) groups is 1. The highest BCUT2D eigenvalue weighted by atomic mass is 16.3. The van der Waals surface area contributed by atoms with E-state index in [4.69, 9.17) is 0 Å². The zero-order valence-electron chi connectivity index (χ0n) is 20.6. The number of nitrogens with zero attached hydrogens (tertiary/aromatic N) is 4. The summed E-state index contributed by atoms with van der Waals surface area (Å²) in [6.07, 6.45) is 2.91. The fraction of sp³-hybridized carbons (Fsp3) is 0.833. The van der Waals surface area contributed by atoms with E-state index in [0.29, 0.717) is 5.92 Å². The largest absolute Gasteiger partial charge is 0.376 e. The average molecular weight is 434 g/mol. The molecule has 2 N–H and O–H groups in total. The van der Waals surface area contributed by atoms with Gasteiger partial charge in [0.05, 0.1) is 17.3 Å². The van der Waals surface area contributed by atoms with Crippen LogP contribution in [0, 0.1) is 25.7 Å². The summed E-state index contributed by atoms with van der Waals surface area (Å²) in [5.74, 6) is 0.733. The molecule has 2 saturated heterocycles. The molecule has 2 aliphatic rings. The van der Waals surface area contributed by atoms with E-state index >= 15 is 0 Å². The second kappa shape index (κ2) is 9.59. The molecule has 7 heteroatoms. The summed E-state index contributed by atoms with van der Waals surface area (Å²) in [7, 11) is 1.99. The van der Waals surface area contributed by atoms with Gasteiger partial charge in [0.2, 0.25) is 5.91 Å². The van der Waals surface area contributed by atoms with Gasteiger partial charge in [0, 0.05) is 44.5 Å². The Morgan fingerprint density at radius 3 is 2.39 bits per heavy atom. The van der Waals surface area contributed by atoms with Crippen LogP contribution in [0.4, 0.5) is 0 Å². The molecule has 1 aromatic rings. The molecule has 0 aromatic carbocycles. The van der Waals surface area contributed by atoms with Crippen molar-refractivity contribution in [1.82, 2.24) is 24.9 Å². The first-order chi connectivity index (χ1) is 14.6. The average Bonchev–Trinajstić information content (AvgIpc) is 2.97. The van der Waals surface area contributed by atoms with Gasteiger partial charge in [0.25, 0.3) is 0 Å². The highest BCUT2D eigenvalue weighted by molar-refractivity contribution is 5.84. The summed E-state index contributed by atoms with van der Waals surface area (Å²) in [6.45, 7) is 16.1. The molecule has 7 nitrogen and oxygen atoms in total. The van der Waals surface area contributed by atoms with Gasteiger partial charge in [-0.3, -0.25) is 19.7 Å². The number of aryl methyl sites for hydroxylation is 2. The van der Waals surface area contributed by atoms with Crippen LogP contribution in [0.15, 0.2) is 0 Å². The molecule has 1 unspecified atom stereocenters. The number of nitrogens with one attached hydrogen (secondary N) is 1. The first-order valence-electron chi connectivity index (χ1n) is 12.1. The molecule has 2 aliphatic heterocycles. The number of hydrogen-bond acceptors (Lipinski definition) is 5. The lowest BCUT2D eigenvalue weighted by molar-refractivity contribution is -0.170. The standard InChI is InChI=1S/C24H43N5O2/c1-8-9-12-29-22(30)21(17(4)16(2)3)25-23(31)24(29)10-13-28(14-11-24)15-20-18(5)26-27(7)19(20)6/h16-17,21,23,25,31H,8-15H2,1-7H3/t17-,21-,23?/m1/s1. The third-order valence-electron chi connectivity index (χ3n) is 7.99. The van der Waals surface area contributed by atoms with Crippen molar-refractivity contribution in [1.29, 1.82) is 0 Å². The van der Waals surface area contributed by atoms with E-state index in [1.807, 2.05) is 11.7 Å². The summed E-state index contributed by atoms with van der Waals surface area (Å²) in [4.78, 5) is 18.1. The van der Waals surface area contributed by atoms with Crippen LogP contribution in [0.1, 0.15) is 70.3 Å². The fourth-order valence-electron chi connectivity index (χ4n) is 5.25. The zero-order chi connectivity index (χ0) is 22.9. The number of piperidine rings is 1. The summed E-state index contributed by atoms with van der Waals surface area (Å²) in [5.41, 5.74) is 3.09. The highest BCUT2D eigenvalue weighted by Crippen LogP contribution is 2.37. The highest BCUT2D eigenvalue weighted by Gasteiger charge is 2.53. The zero-order valence-corrected chi connectivity index (χ0v) is 20.6. The van der Waals surface area contributed by atoms with E-state index in [9.17, 15) is 9.90 Å². The molecule has 0 bridgehead atoms. The SMILES string of the molecule is CCCCN1C(=O)[C@@H]([C@H](C)C(C)C)NC(O)C12CCN(Cc1c(C)nn(C)c1C)CC2. The van der Waals surface area contributed by atoms with Crippen molar-refractivity contribution in [3.63, 3.8) is 0 Å². The molecule has 31 heavy (non-hydrogen) atoms. The van der Waals surface area contributed by atoms with Gasteiger partial charge < -0.3 is 10.0 Å². The third-order valence-corrected chi connectivity index (χ3v) is 7.99. The molecule has 176 valence electrons. The van der Waals surface area contributed by atoms with Crippen LogP contribution in [0.2, 0.25) is 0 Å². The Bertz CT molecular complexity index is 766. The molecule has 3 atom stereocenters. The Kier molecular flexibility index (Phi) is 7.49. The number of amides is 1. The number of aromatic nitrogens is 2. The smallest absolute Gasteiger partial charge is 0.240 e. The Labute approximate surface area is 188 Å². The molecule has 3 rings (SSSR count). The summed E-state index contributed by atoms with van der Waals surface area (Å²) in [6, 6.07) is -0.309. The van der Waals surface area contributed by atoms with E-state index in [0.717, 1.165) is 57.6 Å². The Hall–Kier alpha value is -1.44. The minimum atomic E-state index is -0.683. The van der Waals surface area contributed by atoms with Crippen molar-refractivity contribution in [3.8, 4) is 0 Å². The second-order valence-corrected chi connectivity index (χ2v) is 10.1. The molecule has 0 aliphatic carbocycles. The first kappa shape index (κ1) is 24.2. The van der Waals surface area contributed by atoms with Crippen molar-refractivity contribution in [2.24, 2.45) is 18.9 Å². The topological polar surface area (TPSA) is 73.6 Å². The van der Waals surface area contributed by atoms with Crippen molar-refractivity contribution < 1.29 is 9.90 Å². The van der Waals surface area contributed by atoms with Crippen LogP contribution >= 0.6 is 0 Å². The minimum Gasteiger partial charge on any atom is -0.376 e. The number of hydrogen-bond donors (Lipinski definition) is 2. The molecular formula is C24H43N5O2. The predicted octanol–water partition coefficient (Wildman–Crippen LogP) is 2.58. The molecule has 3 heterocycles. The van der Waals surface area contributed by atoms with Crippen LogP contribution < -0.4 is 5.32 Å².